The number of morpholine rings is 1. The van der Waals surface area contributed by atoms with E-state index in [1.807, 2.05) is 0 Å². The van der Waals surface area contributed by atoms with Crippen LogP contribution in [0.4, 0.5) is 26.3 Å². The standard InChI is InChI=1S/C13H19F6NO3/c1-10(14)12(16,17)22-6-2-3-7-23-13(18,19)11(15)20-4-8-21-9-5-20/h2-3,10-11H,4-9H2,1H3/b3-2-. The highest BCUT2D eigenvalue weighted by Gasteiger charge is 2.45. The zero-order valence-electron chi connectivity index (χ0n) is 12.5. The minimum Gasteiger partial charge on any atom is -0.379 e. The molecule has 0 aromatic heterocycles. The van der Waals surface area contributed by atoms with Gasteiger partial charge in [0, 0.05) is 13.1 Å². The lowest BCUT2D eigenvalue weighted by atomic mass is 10.4. The summed E-state index contributed by atoms with van der Waals surface area (Å²) >= 11 is 0. The normalized spacial score (nSPS) is 20.8. The van der Waals surface area contributed by atoms with E-state index >= 15 is 0 Å². The van der Waals surface area contributed by atoms with Crippen molar-refractivity contribution in [1.82, 2.24) is 4.90 Å². The SMILES string of the molecule is CC(F)C(F)(F)OC/C=C\COC(F)(F)C(F)N1CCOCC1. The van der Waals surface area contributed by atoms with E-state index in [-0.39, 0.29) is 26.3 Å². The molecule has 2 atom stereocenters. The molecule has 1 saturated heterocycles. The number of hydrogen-bond donors (Lipinski definition) is 0. The van der Waals surface area contributed by atoms with E-state index in [9.17, 15) is 26.3 Å². The summed E-state index contributed by atoms with van der Waals surface area (Å²) < 4.78 is 91.5. The van der Waals surface area contributed by atoms with Gasteiger partial charge in [0.25, 0.3) is 0 Å². The number of nitrogens with zero attached hydrogens (tertiary/aromatic N) is 1. The van der Waals surface area contributed by atoms with Crippen LogP contribution in [-0.2, 0) is 14.2 Å². The summed E-state index contributed by atoms with van der Waals surface area (Å²) in [5.41, 5.74) is 0. The van der Waals surface area contributed by atoms with Crippen molar-refractivity contribution in [3.05, 3.63) is 12.2 Å². The Balaban J connectivity index is 2.31. The lowest BCUT2D eigenvalue weighted by Gasteiger charge is -2.33. The Bertz CT molecular complexity index is 375. The minimum absolute atomic E-state index is 0.0142. The molecule has 1 aliphatic rings. The van der Waals surface area contributed by atoms with Crippen molar-refractivity contribution in [3.63, 3.8) is 0 Å². The van der Waals surface area contributed by atoms with Gasteiger partial charge in [-0.25, -0.2) is 8.78 Å². The summed E-state index contributed by atoms with van der Waals surface area (Å²) in [6, 6.07) is 0. The third-order valence-electron chi connectivity index (χ3n) is 3.02. The zero-order chi connectivity index (χ0) is 17.5. The maximum atomic E-state index is 13.7. The Morgan fingerprint density at radius 2 is 1.48 bits per heavy atom. The Morgan fingerprint density at radius 3 is 1.96 bits per heavy atom. The smallest absolute Gasteiger partial charge is 0.379 e. The molecule has 136 valence electrons. The first-order valence-corrected chi connectivity index (χ1v) is 6.95. The third-order valence-corrected chi connectivity index (χ3v) is 3.02. The van der Waals surface area contributed by atoms with Gasteiger partial charge in [-0.3, -0.25) is 4.90 Å². The highest BCUT2D eigenvalue weighted by molar-refractivity contribution is 4.83. The van der Waals surface area contributed by atoms with E-state index in [2.05, 4.69) is 9.47 Å². The molecule has 2 unspecified atom stereocenters. The van der Waals surface area contributed by atoms with Crippen LogP contribution in [0.3, 0.4) is 0 Å². The molecular weight excluding hydrogens is 332 g/mol. The van der Waals surface area contributed by atoms with Gasteiger partial charge in [-0.2, -0.15) is 17.6 Å². The third kappa shape index (κ3) is 6.66. The van der Waals surface area contributed by atoms with Crippen LogP contribution >= 0.6 is 0 Å². The molecule has 23 heavy (non-hydrogen) atoms. The molecule has 0 bridgehead atoms. The van der Waals surface area contributed by atoms with Crippen molar-refractivity contribution in [2.75, 3.05) is 39.5 Å². The first-order chi connectivity index (χ1) is 10.7. The van der Waals surface area contributed by atoms with E-state index in [1.165, 1.54) is 0 Å². The summed E-state index contributed by atoms with van der Waals surface area (Å²) in [4.78, 5) is 0.888. The minimum atomic E-state index is -4.06. The molecule has 1 fully saturated rings. The van der Waals surface area contributed by atoms with Gasteiger partial charge in [0.05, 0.1) is 26.4 Å². The second kappa shape index (κ2) is 8.86. The Kier molecular flexibility index (Phi) is 7.78. The molecule has 0 saturated carbocycles. The number of ether oxygens (including phenoxy) is 3. The van der Waals surface area contributed by atoms with E-state index in [1.54, 1.807) is 0 Å². The van der Waals surface area contributed by atoms with Crippen LogP contribution in [0.15, 0.2) is 12.2 Å². The predicted molar refractivity (Wildman–Crippen MR) is 68.8 cm³/mol. The van der Waals surface area contributed by atoms with Crippen LogP contribution in [0.2, 0.25) is 0 Å². The van der Waals surface area contributed by atoms with Crippen molar-refractivity contribution in [2.24, 2.45) is 0 Å². The van der Waals surface area contributed by atoms with E-state index in [0.29, 0.717) is 6.92 Å². The van der Waals surface area contributed by atoms with Crippen LogP contribution in [0.25, 0.3) is 0 Å². The number of halogens is 6. The largest absolute Gasteiger partial charge is 0.400 e. The summed E-state index contributed by atoms with van der Waals surface area (Å²) in [6.45, 7) is -0.457. The number of rotatable bonds is 9. The van der Waals surface area contributed by atoms with Gasteiger partial charge in [-0.15, -0.1) is 0 Å². The average Bonchev–Trinajstić information content (AvgIpc) is 2.50. The first kappa shape index (κ1) is 20.2. The quantitative estimate of drug-likeness (QED) is 0.363. The molecule has 10 heteroatoms. The van der Waals surface area contributed by atoms with Gasteiger partial charge in [0.15, 0.2) is 6.17 Å². The van der Waals surface area contributed by atoms with Gasteiger partial charge in [-0.1, -0.05) is 12.2 Å². The number of alkyl halides is 6. The van der Waals surface area contributed by atoms with Crippen LogP contribution < -0.4 is 0 Å². The van der Waals surface area contributed by atoms with Gasteiger partial charge >= 0.3 is 12.2 Å². The second-order valence-electron chi connectivity index (χ2n) is 4.82. The molecule has 0 radical (unpaired) electrons. The molecule has 4 nitrogen and oxygen atoms in total. The molecule has 0 aromatic rings. The highest BCUT2D eigenvalue weighted by Crippen LogP contribution is 2.26. The first-order valence-electron chi connectivity index (χ1n) is 6.95. The number of hydrogen-bond acceptors (Lipinski definition) is 4. The average molecular weight is 351 g/mol. The Morgan fingerprint density at radius 1 is 1.00 bits per heavy atom. The van der Waals surface area contributed by atoms with Crippen LogP contribution in [-0.4, -0.2) is 69.1 Å². The summed E-state index contributed by atoms with van der Waals surface area (Å²) in [6.07, 6.45) is -11.2. The van der Waals surface area contributed by atoms with Crippen molar-refractivity contribution >= 4 is 0 Å². The molecule has 0 aliphatic carbocycles. The molecule has 1 heterocycles. The summed E-state index contributed by atoms with van der Waals surface area (Å²) in [5, 5.41) is 0. The second-order valence-corrected chi connectivity index (χ2v) is 4.82. The van der Waals surface area contributed by atoms with Crippen molar-refractivity contribution < 1.29 is 40.6 Å². The molecular formula is C13H19F6NO3. The van der Waals surface area contributed by atoms with Crippen LogP contribution in [0.1, 0.15) is 6.92 Å². The topological polar surface area (TPSA) is 30.9 Å². The summed E-state index contributed by atoms with van der Waals surface area (Å²) in [5.74, 6) is 0. The molecule has 1 rings (SSSR count). The molecule has 0 aromatic carbocycles. The van der Waals surface area contributed by atoms with Gasteiger partial charge < -0.3 is 14.2 Å². The Hall–Kier alpha value is -0.840. The Labute approximate surface area is 130 Å². The lowest BCUT2D eigenvalue weighted by molar-refractivity contribution is -0.300. The van der Waals surface area contributed by atoms with Gasteiger partial charge in [0.1, 0.15) is 0 Å². The maximum absolute atomic E-state index is 13.7. The van der Waals surface area contributed by atoms with E-state index < -0.39 is 37.9 Å². The zero-order valence-corrected chi connectivity index (χ0v) is 12.5. The lowest BCUT2D eigenvalue weighted by Crippen LogP contribution is -2.50. The van der Waals surface area contributed by atoms with Crippen molar-refractivity contribution in [2.45, 2.75) is 31.6 Å². The van der Waals surface area contributed by atoms with Crippen LogP contribution in [0.5, 0.6) is 0 Å². The fourth-order valence-corrected chi connectivity index (χ4v) is 1.65. The highest BCUT2D eigenvalue weighted by atomic mass is 19.3. The van der Waals surface area contributed by atoms with Gasteiger partial charge in [-0.05, 0) is 6.92 Å². The molecule has 0 N–H and O–H groups in total. The van der Waals surface area contributed by atoms with Gasteiger partial charge in [0.2, 0.25) is 6.30 Å². The van der Waals surface area contributed by atoms with E-state index in [4.69, 9.17) is 4.74 Å². The molecule has 0 amide bonds. The fourth-order valence-electron chi connectivity index (χ4n) is 1.65. The predicted octanol–water partition coefficient (Wildman–Crippen LogP) is 2.75. The van der Waals surface area contributed by atoms with Crippen LogP contribution in [0, 0.1) is 0 Å². The maximum Gasteiger partial charge on any atom is 0.400 e. The molecule has 0 spiro atoms. The van der Waals surface area contributed by atoms with E-state index in [0.717, 1.165) is 17.1 Å². The summed E-state index contributed by atoms with van der Waals surface area (Å²) in [7, 11) is 0. The van der Waals surface area contributed by atoms with Crippen molar-refractivity contribution in [1.29, 1.82) is 0 Å². The fraction of sp³-hybridized carbons (Fsp3) is 0.846. The molecule has 1 aliphatic heterocycles. The monoisotopic (exact) mass is 351 g/mol. The van der Waals surface area contributed by atoms with Crippen molar-refractivity contribution in [3.8, 4) is 0 Å².